The van der Waals surface area contributed by atoms with Crippen molar-refractivity contribution in [2.75, 3.05) is 13.1 Å². The molecule has 112 valence electrons. The van der Waals surface area contributed by atoms with E-state index in [9.17, 15) is 4.79 Å². The van der Waals surface area contributed by atoms with Gasteiger partial charge in [0.1, 0.15) is 10.6 Å². The Morgan fingerprint density at radius 3 is 2.95 bits per heavy atom. The lowest BCUT2D eigenvalue weighted by atomic mass is 10.2. The fourth-order valence-corrected chi connectivity index (χ4v) is 2.92. The predicted molar refractivity (Wildman–Crippen MR) is 79.9 cm³/mol. The van der Waals surface area contributed by atoms with Crippen molar-refractivity contribution in [3.8, 4) is 0 Å². The molecule has 1 saturated heterocycles. The van der Waals surface area contributed by atoms with Crippen molar-refractivity contribution in [1.29, 1.82) is 0 Å². The molecule has 0 aliphatic carbocycles. The molecule has 1 N–H and O–H groups in total. The first kappa shape index (κ1) is 15.3. The Kier molecular flexibility index (Phi) is 4.65. The highest BCUT2D eigenvalue weighted by molar-refractivity contribution is 7.09. The van der Waals surface area contributed by atoms with Crippen LogP contribution in [-0.2, 0) is 4.74 Å². The summed E-state index contributed by atoms with van der Waals surface area (Å²) < 4.78 is 5.40. The first-order chi connectivity index (χ1) is 9.35. The van der Waals surface area contributed by atoms with Gasteiger partial charge in [-0.25, -0.2) is 9.78 Å². The lowest BCUT2D eigenvalue weighted by molar-refractivity contribution is 0.0290. The van der Waals surface area contributed by atoms with Gasteiger partial charge in [0.25, 0.3) is 0 Å². The molecule has 1 fully saturated rings. The fourth-order valence-electron chi connectivity index (χ4n) is 2.26. The van der Waals surface area contributed by atoms with Gasteiger partial charge in [-0.05, 0) is 34.1 Å². The third-order valence-electron chi connectivity index (χ3n) is 3.15. The van der Waals surface area contributed by atoms with E-state index < -0.39 is 5.60 Å². The number of rotatable bonds is 3. The summed E-state index contributed by atoms with van der Waals surface area (Å²) in [5.41, 5.74) is -0.434. The van der Waals surface area contributed by atoms with E-state index in [0.717, 1.165) is 18.0 Å². The number of carbonyl (C=O) groups excluding carboxylic acids is 1. The maximum atomic E-state index is 12.0. The summed E-state index contributed by atoms with van der Waals surface area (Å²) in [5, 5.41) is 6.59. The standard InChI is InChI=1S/C14H23N3O2S/c1-10(12-15-6-8-20-12)16-11-5-7-17(9-11)13(18)19-14(2,3)4/h6,8,10-11,16H,5,7,9H2,1-4H3/t10-,11+/m0/s1. The lowest BCUT2D eigenvalue weighted by Gasteiger charge is -2.24. The molecular weight excluding hydrogens is 274 g/mol. The zero-order chi connectivity index (χ0) is 14.8. The van der Waals surface area contributed by atoms with E-state index in [0.29, 0.717) is 12.6 Å². The molecule has 5 nitrogen and oxygen atoms in total. The van der Waals surface area contributed by atoms with Crippen LogP contribution in [0.25, 0.3) is 0 Å². The Hall–Kier alpha value is -1.14. The molecule has 1 aliphatic heterocycles. The van der Waals surface area contributed by atoms with Crippen molar-refractivity contribution in [1.82, 2.24) is 15.2 Å². The van der Waals surface area contributed by atoms with Crippen LogP contribution < -0.4 is 5.32 Å². The van der Waals surface area contributed by atoms with Gasteiger partial charge in [0, 0.05) is 30.7 Å². The Morgan fingerprint density at radius 1 is 1.60 bits per heavy atom. The minimum atomic E-state index is -0.434. The zero-order valence-corrected chi connectivity index (χ0v) is 13.4. The third kappa shape index (κ3) is 4.18. The summed E-state index contributed by atoms with van der Waals surface area (Å²) >= 11 is 1.65. The van der Waals surface area contributed by atoms with Crippen molar-refractivity contribution in [2.45, 2.75) is 51.8 Å². The maximum Gasteiger partial charge on any atom is 0.410 e. The number of hydrogen-bond acceptors (Lipinski definition) is 5. The Labute approximate surface area is 124 Å². The molecule has 6 heteroatoms. The molecule has 0 unspecified atom stereocenters. The van der Waals surface area contributed by atoms with Crippen LogP contribution in [0.5, 0.6) is 0 Å². The highest BCUT2D eigenvalue weighted by Gasteiger charge is 2.30. The molecular formula is C14H23N3O2S. The van der Waals surface area contributed by atoms with Gasteiger partial charge in [-0.15, -0.1) is 11.3 Å². The second-order valence-electron chi connectivity index (χ2n) is 6.17. The monoisotopic (exact) mass is 297 g/mol. The molecule has 1 aliphatic rings. The fraction of sp³-hybridized carbons (Fsp3) is 0.714. The van der Waals surface area contributed by atoms with Gasteiger partial charge in [0.05, 0.1) is 6.04 Å². The lowest BCUT2D eigenvalue weighted by Crippen LogP contribution is -2.38. The van der Waals surface area contributed by atoms with Crippen molar-refractivity contribution in [2.24, 2.45) is 0 Å². The Morgan fingerprint density at radius 2 is 2.35 bits per heavy atom. The van der Waals surface area contributed by atoms with Crippen LogP contribution in [0.2, 0.25) is 0 Å². The van der Waals surface area contributed by atoms with Crippen LogP contribution in [0.4, 0.5) is 4.79 Å². The van der Waals surface area contributed by atoms with Gasteiger partial charge in [-0.3, -0.25) is 0 Å². The van der Waals surface area contributed by atoms with Crippen LogP contribution in [0.3, 0.4) is 0 Å². The van der Waals surface area contributed by atoms with E-state index in [1.54, 1.807) is 16.2 Å². The molecule has 2 atom stereocenters. The normalized spacial score (nSPS) is 21.0. The average Bonchev–Trinajstić information content (AvgIpc) is 2.97. The van der Waals surface area contributed by atoms with Crippen molar-refractivity contribution < 1.29 is 9.53 Å². The second kappa shape index (κ2) is 6.10. The summed E-state index contributed by atoms with van der Waals surface area (Å²) in [6, 6.07) is 0.528. The van der Waals surface area contributed by atoms with Gasteiger partial charge in [0.15, 0.2) is 0 Å². The van der Waals surface area contributed by atoms with Crippen LogP contribution in [0.15, 0.2) is 11.6 Å². The molecule has 1 aromatic rings. The van der Waals surface area contributed by atoms with Crippen LogP contribution >= 0.6 is 11.3 Å². The molecule has 0 bridgehead atoms. The van der Waals surface area contributed by atoms with Gasteiger partial charge < -0.3 is 15.0 Å². The third-order valence-corrected chi connectivity index (χ3v) is 4.11. The number of thiazole rings is 1. The van der Waals surface area contributed by atoms with E-state index in [1.165, 1.54) is 0 Å². The van der Waals surface area contributed by atoms with Crippen molar-refractivity contribution in [3.05, 3.63) is 16.6 Å². The number of nitrogens with one attached hydrogen (secondary N) is 1. The predicted octanol–water partition coefficient (Wildman–Crippen LogP) is 2.80. The molecule has 0 saturated carbocycles. The SMILES string of the molecule is C[C@H](N[C@@H]1CCN(C(=O)OC(C)(C)C)C1)c1nccs1. The zero-order valence-electron chi connectivity index (χ0n) is 12.5. The number of ether oxygens (including phenoxy) is 1. The summed E-state index contributed by atoms with van der Waals surface area (Å²) in [6.45, 7) is 9.22. The summed E-state index contributed by atoms with van der Waals surface area (Å²) in [4.78, 5) is 18.1. The molecule has 1 amide bonds. The van der Waals surface area contributed by atoms with E-state index in [4.69, 9.17) is 4.74 Å². The van der Waals surface area contributed by atoms with Crippen LogP contribution in [-0.4, -0.2) is 40.7 Å². The summed E-state index contributed by atoms with van der Waals surface area (Å²) in [6.07, 6.45) is 2.55. The molecule has 0 radical (unpaired) electrons. The minimum absolute atomic E-state index is 0.219. The molecule has 2 heterocycles. The molecule has 2 rings (SSSR count). The highest BCUT2D eigenvalue weighted by atomic mass is 32.1. The Balaban J connectivity index is 1.82. The first-order valence-electron chi connectivity index (χ1n) is 6.98. The topological polar surface area (TPSA) is 54.5 Å². The van der Waals surface area contributed by atoms with Gasteiger partial charge in [-0.2, -0.15) is 0 Å². The summed E-state index contributed by atoms with van der Waals surface area (Å²) in [5.74, 6) is 0. The van der Waals surface area contributed by atoms with Crippen LogP contribution in [0, 0.1) is 0 Å². The highest BCUT2D eigenvalue weighted by Crippen LogP contribution is 2.20. The molecule has 0 aromatic carbocycles. The maximum absolute atomic E-state index is 12.0. The molecule has 20 heavy (non-hydrogen) atoms. The van der Waals surface area contributed by atoms with Gasteiger partial charge in [0.2, 0.25) is 0 Å². The first-order valence-corrected chi connectivity index (χ1v) is 7.86. The van der Waals surface area contributed by atoms with Crippen molar-refractivity contribution in [3.63, 3.8) is 0 Å². The van der Waals surface area contributed by atoms with E-state index >= 15 is 0 Å². The smallest absolute Gasteiger partial charge is 0.410 e. The minimum Gasteiger partial charge on any atom is -0.444 e. The quantitative estimate of drug-likeness (QED) is 0.932. The number of amides is 1. The largest absolute Gasteiger partial charge is 0.444 e. The van der Waals surface area contributed by atoms with Gasteiger partial charge >= 0.3 is 6.09 Å². The molecule has 0 spiro atoms. The Bertz CT molecular complexity index is 442. The van der Waals surface area contributed by atoms with E-state index in [-0.39, 0.29) is 12.1 Å². The van der Waals surface area contributed by atoms with E-state index in [1.807, 2.05) is 32.3 Å². The number of hydrogen-bond donors (Lipinski definition) is 1. The number of aromatic nitrogens is 1. The number of carbonyl (C=O) groups is 1. The number of likely N-dealkylation sites (tertiary alicyclic amines) is 1. The van der Waals surface area contributed by atoms with Crippen LogP contribution in [0.1, 0.15) is 45.2 Å². The molecule has 1 aromatic heterocycles. The average molecular weight is 297 g/mol. The summed E-state index contributed by atoms with van der Waals surface area (Å²) in [7, 11) is 0. The van der Waals surface area contributed by atoms with E-state index in [2.05, 4.69) is 17.2 Å². The van der Waals surface area contributed by atoms with Crippen molar-refractivity contribution >= 4 is 17.4 Å². The number of nitrogens with zero attached hydrogens (tertiary/aromatic N) is 2. The van der Waals surface area contributed by atoms with Gasteiger partial charge in [-0.1, -0.05) is 0 Å². The second-order valence-corrected chi connectivity index (χ2v) is 7.10.